The quantitative estimate of drug-likeness (QED) is 0.267. The van der Waals surface area contributed by atoms with E-state index in [1.54, 1.807) is 0 Å². The van der Waals surface area contributed by atoms with Crippen molar-refractivity contribution in [3.05, 3.63) is 0 Å². The number of rotatable bonds is 15. The first-order chi connectivity index (χ1) is 10.4. The summed E-state index contributed by atoms with van der Waals surface area (Å²) in [5.41, 5.74) is 0. The van der Waals surface area contributed by atoms with Gasteiger partial charge in [-0.3, -0.25) is 9.13 Å². The van der Waals surface area contributed by atoms with E-state index in [1.807, 2.05) is 27.7 Å². The van der Waals surface area contributed by atoms with Gasteiger partial charge >= 0.3 is 0 Å². The predicted octanol–water partition coefficient (Wildman–Crippen LogP) is 6.00. The topological polar surface area (TPSA) is 52.6 Å². The standard InChI is InChI=1S/C16H36O4P2/c1-5-13-21(17,14-6-2)19-11-9-10-12-20-22(18,15-7-3)16-8-4/h5-16H2,1-4H3. The van der Waals surface area contributed by atoms with Crippen molar-refractivity contribution in [1.29, 1.82) is 0 Å². The maximum Gasteiger partial charge on any atom is 0.203 e. The highest BCUT2D eigenvalue weighted by Gasteiger charge is 2.21. The zero-order valence-corrected chi connectivity index (χ0v) is 16.8. The van der Waals surface area contributed by atoms with Crippen LogP contribution in [0.2, 0.25) is 0 Å². The van der Waals surface area contributed by atoms with Gasteiger partial charge < -0.3 is 9.05 Å². The minimum atomic E-state index is -2.42. The van der Waals surface area contributed by atoms with E-state index in [2.05, 4.69) is 0 Å². The molecule has 22 heavy (non-hydrogen) atoms. The van der Waals surface area contributed by atoms with Gasteiger partial charge in [-0.1, -0.05) is 27.7 Å². The molecule has 0 rings (SSSR count). The van der Waals surface area contributed by atoms with Crippen LogP contribution in [0.25, 0.3) is 0 Å². The van der Waals surface area contributed by atoms with E-state index in [4.69, 9.17) is 9.05 Å². The molecule has 134 valence electrons. The maximum absolute atomic E-state index is 12.5. The summed E-state index contributed by atoms with van der Waals surface area (Å²) in [7, 11) is -4.83. The Labute approximate surface area is 137 Å². The first-order valence-corrected chi connectivity index (χ1v) is 12.9. The average molecular weight is 354 g/mol. The van der Waals surface area contributed by atoms with Crippen LogP contribution in [-0.4, -0.2) is 37.9 Å². The molecule has 0 aliphatic heterocycles. The highest BCUT2D eigenvalue weighted by Crippen LogP contribution is 2.49. The van der Waals surface area contributed by atoms with E-state index in [-0.39, 0.29) is 0 Å². The van der Waals surface area contributed by atoms with Crippen molar-refractivity contribution in [3.63, 3.8) is 0 Å². The van der Waals surface area contributed by atoms with E-state index in [9.17, 15) is 9.13 Å². The molecule has 0 amide bonds. The SMILES string of the molecule is CCCP(=O)(CCC)OCCCCOP(=O)(CCC)CCC. The van der Waals surface area contributed by atoms with E-state index in [0.29, 0.717) is 37.9 Å². The lowest BCUT2D eigenvalue weighted by Gasteiger charge is -2.19. The zero-order chi connectivity index (χ0) is 16.9. The molecule has 0 N–H and O–H groups in total. The molecular formula is C16H36O4P2. The minimum Gasteiger partial charge on any atom is -0.328 e. The first-order valence-electron chi connectivity index (χ1n) is 8.90. The van der Waals surface area contributed by atoms with Crippen LogP contribution in [0.1, 0.15) is 66.2 Å². The van der Waals surface area contributed by atoms with Crippen LogP contribution in [0.5, 0.6) is 0 Å². The third kappa shape index (κ3) is 10.2. The predicted molar refractivity (Wildman–Crippen MR) is 97.0 cm³/mol. The number of unbranched alkanes of at least 4 members (excludes halogenated alkanes) is 1. The minimum absolute atomic E-state index is 0.520. The van der Waals surface area contributed by atoms with Gasteiger partial charge in [0.05, 0.1) is 13.2 Å². The van der Waals surface area contributed by atoms with Gasteiger partial charge in [0.2, 0.25) is 14.7 Å². The molecule has 0 saturated carbocycles. The molecular weight excluding hydrogens is 318 g/mol. The van der Waals surface area contributed by atoms with Crippen molar-refractivity contribution in [2.45, 2.75) is 66.2 Å². The van der Waals surface area contributed by atoms with E-state index in [0.717, 1.165) is 38.5 Å². The van der Waals surface area contributed by atoms with Crippen LogP contribution in [0.4, 0.5) is 0 Å². The number of hydrogen-bond donors (Lipinski definition) is 0. The van der Waals surface area contributed by atoms with Crippen molar-refractivity contribution in [1.82, 2.24) is 0 Å². The molecule has 0 atom stereocenters. The third-order valence-electron chi connectivity index (χ3n) is 3.45. The fourth-order valence-electron chi connectivity index (χ4n) is 2.51. The normalized spacial score (nSPS) is 12.7. The Kier molecular flexibility index (Phi) is 13.0. The molecule has 0 aromatic rings. The summed E-state index contributed by atoms with van der Waals surface area (Å²) in [6.45, 7) is 9.20. The third-order valence-corrected chi connectivity index (χ3v) is 9.27. The van der Waals surface area contributed by atoms with Gasteiger partial charge in [-0.15, -0.1) is 0 Å². The smallest absolute Gasteiger partial charge is 0.203 e. The second kappa shape index (κ2) is 12.8. The van der Waals surface area contributed by atoms with Crippen molar-refractivity contribution in [2.75, 3.05) is 37.9 Å². The Morgan fingerprint density at radius 2 is 0.864 bits per heavy atom. The van der Waals surface area contributed by atoms with Gasteiger partial charge in [0, 0.05) is 24.6 Å². The lowest BCUT2D eigenvalue weighted by Crippen LogP contribution is -2.04. The van der Waals surface area contributed by atoms with E-state index < -0.39 is 14.7 Å². The lowest BCUT2D eigenvalue weighted by atomic mass is 10.3. The molecule has 4 nitrogen and oxygen atoms in total. The van der Waals surface area contributed by atoms with Crippen LogP contribution in [-0.2, 0) is 18.2 Å². The summed E-state index contributed by atoms with van der Waals surface area (Å²) in [6, 6.07) is 0. The Bertz CT molecular complexity index is 304. The molecule has 0 saturated heterocycles. The molecule has 0 spiro atoms. The Morgan fingerprint density at radius 3 is 1.09 bits per heavy atom. The van der Waals surface area contributed by atoms with Gasteiger partial charge in [-0.25, -0.2) is 0 Å². The molecule has 0 bridgehead atoms. The summed E-state index contributed by atoms with van der Waals surface area (Å²) in [5, 5.41) is 0. The van der Waals surface area contributed by atoms with Crippen molar-refractivity contribution in [2.24, 2.45) is 0 Å². The van der Waals surface area contributed by atoms with Crippen LogP contribution >= 0.6 is 14.7 Å². The van der Waals surface area contributed by atoms with Gasteiger partial charge in [0.15, 0.2) is 0 Å². The molecule has 0 aliphatic carbocycles. The summed E-state index contributed by atoms with van der Waals surface area (Å²) < 4.78 is 36.3. The lowest BCUT2D eigenvalue weighted by molar-refractivity contribution is 0.265. The van der Waals surface area contributed by atoms with Crippen molar-refractivity contribution < 1.29 is 18.2 Å². The Balaban J connectivity index is 3.96. The van der Waals surface area contributed by atoms with Gasteiger partial charge in [-0.05, 0) is 38.5 Å². The molecule has 0 aromatic carbocycles. The van der Waals surface area contributed by atoms with Gasteiger partial charge in [0.25, 0.3) is 0 Å². The second-order valence-corrected chi connectivity index (χ2v) is 11.5. The molecule has 0 unspecified atom stereocenters. The summed E-state index contributed by atoms with van der Waals surface area (Å²) in [6.07, 6.45) is 7.95. The molecule has 0 aromatic heterocycles. The molecule has 0 fully saturated rings. The molecule has 0 radical (unpaired) electrons. The summed E-state index contributed by atoms with van der Waals surface area (Å²) >= 11 is 0. The highest BCUT2D eigenvalue weighted by molar-refractivity contribution is 7.59. The van der Waals surface area contributed by atoms with Crippen LogP contribution < -0.4 is 0 Å². The monoisotopic (exact) mass is 354 g/mol. The molecule has 0 heterocycles. The summed E-state index contributed by atoms with van der Waals surface area (Å²) in [5.74, 6) is 0. The average Bonchev–Trinajstić information content (AvgIpc) is 2.44. The van der Waals surface area contributed by atoms with Crippen LogP contribution in [0.15, 0.2) is 0 Å². The maximum atomic E-state index is 12.5. The fraction of sp³-hybridized carbons (Fsp3) is 1.00. The Morgan fingerprint density at radius 1 is 0.591 bits per heavy atom. The van der Waals surface area contributed by atoms with Crippen LogP contribution in [0, 0.1) is 0 Å². The zero-order valence-electron chi connectivity index (χ0n) is 15.0. The first kappa shape index (κ1) is 22.4. The Hall–Kier alpha value is 0.380. The van der Waals surface area contributed by atoms with Gasteiger partial charge in [-0.2, -0.15) is 0 Å². The number of hydrogen-bond acceptors (Lipinski definition) is 4. The van der Waals surface area contributed by atoms with Gasteiger partial charge in [0.1, 0.15) is 0 Å². The van der Waals surface area contributed by atoms with Crippen molar-refractivity contribution >= 4 is 14.7 Å². The largest absolute Gasteiger partial charge is 0.328 e. The van der Waals surface area contributed by atoms with Crippen LogP contribution in [0.3, 0.4) is 0 Å². The van der Waals surface area contributed by atoms with E-state index >= 15 is 0 Å². The highest BCUT2D eigenvalue weighted by atomic mass is 31.2. The second-order valence-electron chi connectivity index (χ2n) is 5.90. The van der Waals surface area contributed by atoms with E-state index in [1.165, 1.54) is 0 Å². The fourth-order valence-corrected chi connectivity index (χ4v) is 7.12. The molecule has 6 heteroatoms. The molecule has 0 aliphatic rings. The van der Waals surface area contributed by atoms with Crippen molar-refractivity contribution in [3.8, 4) is 0 Å². The summed E-state index contributed by atoms with van der Waals surface area (Å²) in [4.78, 5) is 0.